The highest BCUT2D eigenvalue weighted by Gasteiger charge is 2.14. The molecule has 0 fully saturated rings. The van der Waals surface area contributed by atoms with Crippen LogP contribution in [0.15, 0.2) is 33.4 Å². The molecule has 0 atom stereocenters. The zero-order valence-electron chi connectivity index (χ0n) is 10.5. The number of rotatable bonds is 2. The summed E-state index contributed by atoms with van der Waals surface area (Å²) in [5, 5.41) is 2.93. The highest BCUT2D eigenvalue weighted by atomic mass is 79.9. The largest absolute Gasteiger partial charge is 0.469 e. The third kappa shape index (κ3) is 2.48. The zero-order chi connectivity index (χ0) is 13.3. The number of hydrogen-bond donors (Lipinski definition) is 1. The van der Waals surface area contributed by atoms with E-state index in [-0.39, 0.29) is 5.91 Å². The topological polar surface area (TPSA) is 42.2 Å². The van der Waals surface area contributed by atoms with Gasteiger partial charge in [0.2, 0.25) is 0 Å². The van der Waals surface area contributed by atoms with Gasteiger partial charge in [-0.25, -0.2) is 0 Å². The SMILES string of the molecule is Cc1cc(Br)cc(C)c1NC(=O)c1ccoc1C. The van der Waals surface area contributed by atoms with Gasteiger partial charge < -0.3 is 9.73 Å². The standard InChI is InChI=1S/C14H14BrNO2/c1-8-6-11(15)7-9(2)13(8)16-14(17)12-4-5-18-10(12)3/h4-7H,1-3H3,(H,16,17). The molecule has 18 heavy (non-hydrogen) atoms. The van der Waals surface area contributed by atoms with Crippen LogP contribution in [0.25, 0.3) is 0 Å². The molecule has 0 aliphatic carbocycles. The summed E-state index contributed by atoms with van der Waals surface area (Å²) in [4.78, 5) is 12.1. The van der Waals surface area contributed by atoms with Crippen LogP contribution in [0.5, 0.6) is 0 Å². The van der Waals surface area contributed by atoms with Gasteiger partial charge in [0.25, 0.3) is 5.91 Å². The maximum Gasteiger partial charge on any atom is 0.259 e. The van der Waals surface area contributed by atoms with Crippen LogP contribution in [0.3, 0.4) is 0 Å². The van der Waals surface area contributed by atoms with Gasteiger partial charge in [-0.2, -0.15) is 0 Å². The normalized spacial score (nSPS) is 10.4. The molecule has 4 heteroatoms. The molecule has 94 valence electrons. The molecule has 1 N–H and O–H groups in total. The number of nitrogens with one attached hydrogen (secondary N) is 1. The van der Waals surface area contributed by atoms with Gasteiger partial charge in [0, 0.05) is 10.2 Å². The van der Waals surface area contributed by atoms with Crippen LogP contribution in [0.2, 0.25) is 0 Å². The van der Waals surface area contributed by atoms with Crippen molar-refractivity contribution in [1.82, 2.24) is 0 Å². The van der Waals surface area contributed by atoms with Crippen molar-refractivity contribution >= 4 is 27.5 Å². The molecule has 1 amide bonds. The molecule has 0 radical (unpaired) electrons. The molecule has 0 saturated heterocycles. The lowest BCUT2D eigenvalue weighted by atomic mass is 10.1. The lowest BCUT2D eigenvalue weighted by Crippen LogP contribution is -2.14. The maximum atomic E-state index is 12.1. The Morgan fingerprint density at radius 1 is 1.22 bits per heavy atom. The number of carbonyl (C=O) groups excluding carboxylic acids is 1. The van der Waals surface area contributed by atoms with Gasteiger partial charge >= 0.3 is 0 Å². The summed E-state index contributed by atoms with van der Waals surface area (Å²) < 4.78 is 6.14. The van der Waals surface area contributed by atoms with Crippen LogP contribution in [-0.4, -0.2) is 5.91 Å². The average molecular weight is 308 g/mol. The monoisotopic (exact) mass is 307 g/mol. The molecule has 3 nitrogen and oxygen atoms in total. The van der Waals surface area contributed by atoms with E-state index in [9.17, 15) is 4.79 Å². The van der Waals surface area contributed by atoms with Gasteiger partial charge in [0.15, 0.2) is 0 Å². The van der Waals surface area contributed by atoms with E-state index in [1.165, 1.54) is 6.26 Å². The predicted molar refractivity (Wildman–Crippen MR) is 75.0 cm³/mol. The van der Waals surface area contributed by atoms with Gasteiger partial charge in [-0.3, -0.25) is 4.79 Å². The summed E-state index contributed by atoms with van der Waals surface area (Å²) in [6, 6.07) is 5.63. The lowest BCUT2D eigenvalue weighted by Gasteiger charge is -2.12. The molecule has 2 aromatic rings. The number of amides is 1. The second-order valence-electron chi connectivity index (χ2n) is 4.26. The van der Waals surface area contributed by atoms with Crippen molar-refractivity contribution in [3.05, 3.63) is 51.4 Å². The minimum atomic E-state index is -0.144. The van der Waals surface area contributed by atoms with Crippen LogP contribution < -0.4 is 5.32 Å². The van der Waals surface area contributed by atoms with E-state index in [0.717, 1.165) is 21.3 Å². The summed E-state index contributed by atoms with van der Waals surface area (Å²) in [5.74, 6) is 0.481. The molecule has 1 aromatic heterocycles. The number of aryl methyl sites for hydroxylation is 3. The fourth-order valence-electron chi connectivity index (χ4n) is 1.91. The molecule has 0 bridgehead atoms. The highest BCUT2D eigenvalue weighted by molar-refractivity contribution is 9.10. The summed E-state index contributed by atoms with van der Waals surface area (Å²) in [6.45, 7) is 5.71. The third-order valence-corrected chi connectivity index (χ3v) is 3.30. The first kappa shape index (κ1) is 12.9. The Labute approximate surface area is 114 Å². The predicted octanol–water partition coefficient (Wildman–Crippen LogP) is 4.22. The first-order valence-electron chi connectivity index (χ1n) is 5.61. The zero-order valence-corrected chi connectivity index (χ0v) is 12.1. The fraction of sp³-hybridized carbons (Fsp3) is 0.214. The molecule has 0 aliphatic rings. The Bertz CT molecular complexity index is 579. The summed E-state index contributed by atoms with van der Waals surface area (Å²) >= 11 is 3.44. The molecular weight excluding hydrogens is 294 g/mol. The van der Waals surface area contributed by atoms with Crippen molar-refractivity contribution in [2.45, 2.75) is 20.8 Å². The molecular formula is C14H14BrNO2. The van der Waals surface area contributed by atoms with E-state index in [4.69, 9.17) is 4.42 Å². The third-order valence-electron chi connectivity index (χ3n) is 2.84. The molecule has 0 spiro atoms. The van der Waals surface area contributed by atoms with E-state index in [0.29, 0.717) is 11.3 Å². The van der Waals surface area contributed by atoms with Crippen molar-refractivity contribution in [2.75, 3.05) is 5.32 Å². The van der Waals surface area contributed by atoms with Gasteiger partial charge in [-0.1, -0.05) is 15.9 Å². The Morgan fingerprint density at radius 3 is 2.33 bits per heavy atom. The first-order chi connectivity index (χ1) is 8.49. The van der Waals surface area contributed by atoms with Gasteiger partial charge in [-0.05, 0) is 50.1 Å². The van der Waals surface area contributed by atoms with Crippen LogP contribution in [0.4, 0.5) is 5.69 Å². The smallest absolute Gasteiger partial charge is 0.259 e. The maximum absolute atomic E-state index is 12.1. The minimum Gasteiger partial charge on any atom is -0.469 e. The molecule has 1 aromatic carbocycles. The van der Waals surface area contributed by atoms with E-state index in [1.54, 1.807) is 13.0 Å². The van der Waals surface area contributed by atoms with Crippen molar-refractivity contribution in [3.63, 3.8) is 0 Å². The summed E-state index contributed by atoms with van der Waals surface area (Å²) in [7, 11) is 0. The lowest BCUT2D eigenvalue weighted by molar-refractivity contribution is 0.102. The number of halogens is 1. The fourth-order valence-corrected chi connectivity index (χ4v) is 2.60. The number of furan rings is 1. The Morgan fingerprint density at radius 2 is 1.83 bits per heavy atom. The van der Waals surface area contributed by atoms with E-state index >= 15 is 0 Å². The van der Waals surface area contributed by atoms with Crippen molar-refractivity contribution < 1.29 is 9.21 Å². The van der Waals surface area contributed by atoms with Crippen LogP contribution in [0.1, 0.15) is 27.2 Å². The molecule has 2 rings (SSSR count). The first-order valence-corrected chi connectivity index (χ1v) is 6.40. The highest BCUT2D eigenvalue weighted by Crippen LogP contribution is 2.25. The number of benzene rings is 1. The van der Waals surface area contributed by atoms with Crippen LogP contribution in [-0.2, 0) is 0 Å². The van der Waals surface area contributed by atoms with E-state index in [1.807, 2.05) is 26.0 Å². The summed E-state index contributed by atoms with van der Waals surface area (Å²) in [5.41, 5.74) is 3.47. The summed E-state index contributed by atoms with van der Waals surface area (Å²) in [6.07, 6.45) is 1.52. The Hall–Kier alpha value is -1.55. The quantitative estimate of drug-likeness (QED) is 0.902. The van der Waals surface area contributed by atoms with Crippen molar-refractivity contribution in [2.24, 2.45) is 0 Å². The second kappa shape index (κ2) is 4.98. The van der Waals surface area contributed by atoms with Crippen molar-refractivity contribution in [1.29, 1.82) is 0 Å². The minimum absolute atomic E-state index is 0.144. The van der Waals surface area contributed by atoms with Crippen molar-refractivity contribution in [3.8, 4) is 0 Å². The number of carbonyl (C=O) groups is 1. The number of hydrogen-bond acceptors (Lipinski definition) is 2. The van der Waals surface area contributed by atoms with Gasteiger partial charge in [-0.15, -0.1) is 0 Å². The molecule has 0 saturated carbocycles. The Kier molecular flexibility index (Phi) is 3.57. The van der Waals surface area contributed by atoms with E-state index < -0.39 is 0 Å². The second-order valence-corrected chi connectivity index (χ2v) is 5.17. The van der Waals surface area contributed by atoms with Crippen LogP contribution >= 0.6 is 15.9 Å². The molecule has 0 unspecified atom stereocenters. The van der Waals surface area contributed by atoms with Gasteiger partial charge in [0.1, 0.15) is 5.76 Å². The molecule has 0 aliphatic heterocycles. The van der Waals surface area contributed by atoms with Gasteiger partial charge in [0.05, 0.1) is 11.8 Å². The van der Waals surface area contributed by atoms with E-state index in [2.05, 4.69) is 21.2 Å². The Balaban J connectivity index is 2.31. The molecule has 1 heterocycles. The average Bonchev–Trinajstić information content (AvgIpc) is 2.69. The number of anilines is 1. The van der Waals surface area contributed by atoms with Crippen LogP contribution in [0, 0.1) is 20.8 Å².